The lowest BCUT2D eigenvalue weighted by molar-refractivity contribution is 0.396. The van der Waals surface area contributed by atoms with Gasteiger partial charge in [0.05, 0.1) is 7.11 Å². The van der Waals surface area contributed by atoms with Crippen LogP contribution >= 0.6 is 0 Å². The minimum absolute atomic E-state index is 0.604. The van der Waals surface area contributed by atoms with E-state index in [9.17, 15) is 0 Å². The van der Waals surface area contributed by atoms with Gasteiger partial charge in [0, 0.05) is 49.7 Å². The molecule has 0 aromatic carbocycles. The Morgan fingerprint density at radius 2 is 1.75 bits per heavy atom. The van der Waals surface area contributed by atoms with Crippen molar-refractivity contribution in [2.45, 2.75) is 25.7 Å². The molecule has 24 heavy (non-hydrogen) atoms. The highest BCUT2D eigenvalue weighted by Crippen LogP contribution is 2.28. The van der Waals surface area contributed by atoms with Gasteiger partial charge < -0.3 is 14.5 Å². The zero-order chi connectivity index (χ0) is 16.4. The van der Waals surface area contributed by atoms with Crippen LogP contribution in [0.2, 0.25) is 0 Å². The topological polar surface area (TPSA) is 67.3 Å². The summed E-state index contributed by atoms with van der Waals surface area (Å²) in [6.07, 6.45) is 8.13. The molecule has 0 unspecified atom stereocenters. The van der Waals surface area contributed by atoms with Gasteiger partial charge in [-0.05, 0) is 25.7 Å². The second-order valence-electron chi connectivity index (χ2n) is 6.20. The smallest absolute Gasteiger partial charge is 0.228 e. The average molecular weight is 326 g/mol. The molecule has 0 spiro atoms. The van der Waals surface area contributed by atoms with Gasteiger partial charge in [-0.2, -0.15) is 4.98 Å². The number of nitrogens with zero attached hydrogens (tertiary/aromatic N) is 6. The maximum absolute atomic E-state index is 5.19. The van der Waals surface area contributed by atoms with Crippen LogP contribution in [0.3, 0.4) is 0 Å². The highest BCUT2D eigenvalue weighted by Gasteiger charge is 2.24. The van der Waals surface area contributed by atoms with Gasteiger partial charge in [-0.25, -0.2) is 15.0 Å². The summed E-state index contributed by atoms with van der Waals surface area (Å²) in [4.78, 5) is 22.4. The van der Waals surface area contributed by atoms with Crippen molar-refractivity contribution in [3.05, 3.63) is 29.8 Å². The highest BCUT2D eigenvalue weighted by molar-refractivity contribution is 5.51. The summed E-state index contributed by atoms with van der Waals surface area (Å²) in [6.45, 7) is 3.60. The Kier molecular flexibility index (Phi) is 4.15. The second kappa shape index (κ2) is 6.59. The predicted octanol–water partition coefficient (Wildman–Crippen LogP) is 1.48. The lowest BCUT2D eigenvalue weighted by Crippen LogP contribution is -2.47. The van der Waals surface area contributed by atoms with E-state index in [-0.39, 0.29) is 0 Å². The van der Waals surface area contributed by atoms with Crippen molar-refractivity contribution >= 4 is 11.8 Å². The summed E-state index contributed by atoms with van der Waals surface area (Å²) >= 11 is 0. The molecule has 1 fully saturated rings. The van der Waals surface area contributed by atoms with Crippen LogP contribution < -0.4 is 14.5 Å². The fraction of sp³-hybridized carbons (Fsp3) is 0.529. The van der Waals surface area contributed by atoms with Crippen molar-refractivity contribution in [3.8, 4) is 5.88 Å². The number of fused-ring (bicyclic) bond motifs is 1. The average Bonchev–Trinajstić information content (AvgIpc) is 2.68. The molecular formula is C17H22N6O. The van der Waals surface area contributed by atoms with Crippen LogP contribution in [0.4, 0.5) is 11.8 Å². The maximum atomic E-state index is 5.19. The Hall–Kier alpha value is -2.44. The third-order valence-corrected chi connectivity index (χ3v) is 4.79. The minimum Gasteiger partial charge on any atom is -0.481 e. The van der Waals surface area contributed by atoms with Gasteiger partial charge in [0.1, 0.15) is 12.1 Å². The lowest BCUT2D eigenvalue weighted by atomic mass is 9.96. The molecule has 2 aliphatic rings. The number of hydrogen-bond donors (Lipinski definition) is 0. The molecule has 1 aliphatic carbocycles. The van der Waals surface area contributed by atoms with E-state index in [1.54, 1.807) is 25.7 Å². The van der Waals surface area contributed by atoms with Crippen molar-refractivity contribution in [1.29, 1.82) is 0 Å². The van der Waals surface area contributed by atoms with Gasteiger partial charge in [0.15, 0.2) is 0 Å². The van der Waals surface area contributed by atoms with Crippen molar-refractivity contribution in [1.82, 2.24) is 19.9 Å². The first kappa shape index (κ1) is 15.1. The Balaban J connectivity index is 1.48. The van der Waals surface area contributed by atoms with Crippen molar-refractivity contribution in [3.63, 3.8) is 0 Å². The molecule has 7 nitrogen and oxygen atoms in total. The maximum Gasteiger partial charge on any atom is 0.228 e. The summed E-state index contributed by atoms with van der Waals surface area (Å²) in [5.74, 6) is 2.47. The predicted molar refractivity (Wildman–Crippen MR) is 91.7 cm³/mol. The number of rotatable bonds is 3. The van der Waals surface area contributed by atoms with Crippen LogP contribution in [0, 0.1) is 0 Å². The van der Waals surface area contributed by atoms with Crippen molar-refractivity contribution in [2.24, 2.45) is 0 Å². The van der Waals surface area contributed by atoms with Gasteiger partial charge in [0.2, 0.25) is 11.8 Å². The Morgan fingerprint density at radius 1 is 0.958 bits per heavy atom. The summed E-state index contributed by atoms with van der Waals surface area (Å²) < 4.78 is 5.19. The normalized spacial score (nSPS) is 17.5. The number of aryl methyl sites for hydroxylation is 1. The first-order valence-corrected chi connectivity index (χ1v) is 8.55. The largest absolute Gasteiger partial charge is 0.481 e. The second-order valence-corrected chi connectivity index (χ2v) is 6.20. The van der Waals surface area contributed by atoms with Crippen LogP contribution in [0.5, 0.6) is 5.88 Å². The monoisotopic (exact) mass is 326 g/mol. The molecule has 0 N–H and O–H groups in total. The van der Waals surface area contributed by atoms with Crippen LogP contribution in [-0.2, 0) is 12.8 Å². The number of aromatic nitrogens is 4. The first-order valence-electron chi connectivity index (χ1n) is 8.55. The number of piperazine rings is 1. The quantitative estimate of drug-likeness (QED) is 0.846. The fourth-order valence-electron chi connectivity index (χ4n) is 3.49. The third-order valence-electron chi connectivity index (χ3n) is 4.79. The van der Waals surface area contributed by atoms with E-state index in [1.807, 2.05) is 0 Å². The molecule has 1 saturated heterocycles. The molecular weight excluding hydrogens is 304 g/mol. The van der Waals surface area contributed by atoms with Gasteiger partial charge in [-0.3, -0.25) is 0 Å². The molecule has 0 radical (unpaired) electrons. The van der Waals surface area contributed by atoms with Gasteiger partial charge in [-0.15, -0.1) is 0 Å². The molecule has 2 aromatic rings. The molecule has 0 bridgehead atoms. The Labute approximate surface area is 141 Å². The van der Waals surface area contributed by atoms with E-state index in [2.05, 4.69) is 29.7 Å². The highest BCUT2D eigenvalue weighted by atomic mass is 16.5. The summed E-state index contributed by atoms with van der Waals surface area (Å²) in [6, 6.07) is 1.77. The summed E-state index contributed by atoms with van der Waals surface area (Å²) in [5.41, 5.74) is 2.60. The third kappa shape index (κ3) is 2.86. The van der Waals surface area contributed by atoms with E-state index in [4.69, 9.17) is 4.74 Å². The molecule has 3 heterocycles. The number of ether oxygens (including phenoxy) is 1. The van der Waals surface area contributed by atoms with Crippen LogP contribution in [0.25, 0.3) is 0 Å². The van der Waals surface area contributed by atoms with Gasteiger partial charge >= 0.3 is 0 Å². The van der Waals surface area contributed by atoms with Crippen LogP contribution in [0.15, 0.2) is 18.6 Å². The van der Waals surface area contributed by atoms with E-state index in [0.717, 1.165) is 50.8 Å². The fourth-order valence-corrected chi connectivity index (χ4v) is 3.49. The molecule has 126 valence electrons. The number of anilines is 2. The van der Waals surface area contributed by atoms with Gasteiger partial charge in [-0.1, -0.05) is 0 Å². The standard InChI is InChI=1S/C17H22N6O/c1-24-15-6-7-18-17(21-15)23-10-8-22(9-11-23)16-13-4-2-3-5-14(13)19-12-20-16/h6-7,12H,2-5,8-11H2,1H3. The number of hydrogen-bond acceptors (Lipinski definition) is 7. The molecule has 0 atom stereocenters. The lowest BCUT2D eigenvalue weighted by Gasteiger charge is -2.36. The van der Waals surface area contributed by atoms with E-state index in [0.29, 0.717) is 5.88 Å². The first-order chi connectivity index (χ1) is 11.8. The van der Waals surface area contributed by atoms with Gasteiger partial charge in [0.25, 0.3) is 0 Å². The van der Waals surface area contributed by atoms with Crippen LogP contribution in [-0.4, -0.2) is 53.2 Å². The zero-order valence-electron chi connectivity index (χ0n) is 14.0. The van der Waals surface area contributed by atoms with E-state index < -0.39 is 0 Å². The Bertz CT molecular complexity index is 714. The summed E-state index contributed by atoms with van der Waals surface area (Å²) in [7, 11) is 1.63. The molecule has 1 aliphatic heterocycles. The van der Waals surface area contributed by atoms with Crippen LogP contribution in [0.1, 0.15) is 24.1 Å². The molecule has 0 amide bonds. The molecule has 2 aromatic heterocycles. The summed E-state index contributed by atoms with van der Waals surface area (Å²) in [5, 5.41) is 0. The molecule has 7 heteroatoms. The van der Waals surface area contributed by atoms with E-state index >= 15 is 0 Å². The van der Waals surface area contributed by atoms with Crippen molar-refractivity contribution < 1.29 is 4.74 Å². The molecule has 4 rings (SSSR count). The molecule has 0 saturated carbocycles. The number of methoxy groups -OCH3 is 1. The minimum atomic E-state index is 0.604. The zero-order valence-corrected chi connectivity index (χ0v) is 14.0. The SMILES string of the molecule is COc1ccnc(N2CCN(c3ncnc4c3CCCC4)CC2)n1. The van der Waals surface area contributed by atoms with Crippen molar-refractivity contribution in [2.75, 3.05) is 43.1 Å². The van der Waals surface area contributed by atoms with E-state index in [1.165, 1.54) is 24.1 Å². The Morgan fingerprint density at radius 3 is 2.58 bits per heavy atom.